The molecule has 0 spiro atoms. The second kappa shape index (κ2) is 8.12. The van der Waals surface area contributed by atoms with Gasteiger partial charge in [-0.3, -0.25) is 28.9 Å². The van der Waals surface area contributed by atoms with E-state index in [2.05, 4.69) is 5.32 Å². The summed E-state index contributed by atoms with van der Waals surface area (Å²) in [6.07, 6.45) is 0.687. The van der Waals surface area contributed by atoms with E-state index in [1.165, 1.54) is 4.90 Å². The number of hydrogen-bond acceptors (Lipinski definition) is 5. The first-order valence-electron chi connectivity index (χ1n) is 11.9. The highest BCUT2D eigenvalue weighted by atomic mass is 16.2. The zero-order chi connectivity index (χ0) is 25.9. The highest BCUT2D eigenvalue weighted by Crippen LogP contribution is 2.43. The van der Waals surface area contributed by atoms with Crippen molar-refractivity contribution in [2.45, 2.75) is 25.4 Å². The summed E-state index contributed by atoms with van der Waals surface area (Å²) in [5.41, 5.74) is 1.32. The zero-order valence-electron chi connectivity index (χ0n) is 19.9. The number of imide groups is 1. The first-order valence-corrected chi connectivity index (χ1v) is 11.9. The Hall–Kier alpha value is -4.79. The Morgan fingerprint density at radius 3 is 2.19 bits per heavy atom. The van der Waals surface area contributed by atoms with Crippen molar-refractivity contribution >= 4 is 46.6 Å². The van der Waals surface area contributed by atoms with Gasteiger partial charge in [0.25, 0.3) is 17.7 Å². The van der Waals surface area contributed by atoms with E-state index in [0.717, 1.165) is 4.90 Å². The summed E-state index contributed by atoms with van der Waals surface area (Å²) in [5, 5.41) is 2.77. The average molecular weight is 495 g/mol. The van der Waals surface area contributed by atoms with E-state index in [-0.39, 0.29) is 24.8 Å². The smallest absolute Gasteiger partial charge is 0.266 e. The predicted octanol–water partition coefficient (Wildman–Crippen LogP) is 3.42. The average Bonchev–Trinajstić information content (AvgIpc) is 3.35. The quantitative estimate of drug-likeness (QED) is 0.560. The lowest BCUT2D eigenvalue weighted by Crippen LogP contribution is -2.63. The third-order valence-electron chi connectivity index (χ3n) is 7.23. The maximum Gasteiger partial charge on any atom is 0.266 e. The molecule has 3 aromatic rings. The van der Waals surface area contributed by atoms with Crippen LogP contribution >= 0.6 is 0 Å². The highest BCUT2D eigenvalue weighted by Gasteiger charge is 2.53. The normalized spacial score (nSPS) is 20.2. The van der Waals surface area contributed by atoms with Crippen LogP contribution in [0.5, 0.6) is 0 Å². The van der Waals surface area contributed by atoms with E-state index in [0.29, 0.717) is 40.2 Å². The lowest BCUT2D eigenvalue weighted by molar-refractivity contribution is -0.120. The molecule has 1 fully saturated rings. The number of carbonyl (C=O) groups is 5. The molecule has 1 saturated heterocycles. The molecule has 3 heterocycles. The maximum atomic E-state index is 13.4. The minimum atomic E-state index is -0.956. The number of anilines is 3. The Kier molecular flexibility index (Phi) is 4.98. The number of hydrogen-bond donors (Lipinski definition) is 1. The number of benzene rings is 3. The molecule has 3 aromatic carbocycles. The van der Waals surface area contributed by atoms with E-state index in [9.17, 15) is 24.0 Å². The summed E-state index contributed by atoms with van der Waals surface area (Å²) in [6, 6.07) is 19.9. The van der Waals surface area contributed by atoms with Crippen LogP contribution < -0.4 is 15.1 Å². The van der Waals surface area contributed by atoms with Crippen LogP contribution in [0.15, 0.2) is 72.8 Å². The molecule has 1 atom stereocenters. The van der Waals surface area contributed by atoms with Gasteiger partial charge in [0.1, 0.15) is 12.2 Å². The Labute approximate surface area is 212 Å². The topological polar surface area (TPSA) is 107 Å². The van der Waals surface area contributed by atoms with E-state index in [1.54, 1.807) is 84.6 Å². The van der Waals surface area contributed by atoms with Crippen molar-refractivity contribution in [2.75, 3.05) is 21.7 Å². The molecular weight excluding hydrogens is 472 g/mol. The summed E-state index contributed by atoms with van der Waals surface area (Å²) in [5.74, 6) is -1.74. The zero-order valence-corrected chi connectivity index (χ0v) is 19.9. The Morgan fingerprint density at radius 1 is 0.838 bits per heavy atom. The molecule has 6 rings (SSSR count). The van der Waals surface area contributed by atoms with Gasteiger partial charge in [-0.25, -0.2) is 4.90 Å². The van der Waals surface area contributed by atoms with Crippen molar-refractivity contribution in [3.63, 3.8) is 0 Å². The molecule has 37 heavy (non-hydrogen) atoms. The summed E-state index contributed by atoms with van der Waals surface area (Å²) in [7, 11) is 0. The number of fused-ring (bicyclic) bond motifs is 4. The molecule has 0 aliphatic carbocycles. The maximum absolute atomic E-state index is 13.4. The SMILES string of the molecule is CC12CCC(=O)N1c1ccccc1C(=O)N2CC(=O)Nc1cccc(N2C(=O)c3ccccc3C2=O)c1. The van der Waals surface area contributed by atoms with Crippen molar-refractivity contribution in [1.82, 2.24) is 4.90 Å². The van der Waals surface area contributed by atoms with Gasteiger partial charge in [0.15, 0.2) is 0 Å². The van der Waals surface area contributed by atoms with Crippen LogP contribution in [0.1, 0.15) is 50.8 Å². The standard InChI is InChI=1S/C28H22N4O5/c1-28-14-13-24(34)32(28)22-12-5-4-11-21(22)25(35)30(28)16-23(33)29-17-7-6-8-18(15-17)31-26(36)19-9-2-3-10-20(19)27(31)37/h2-12,15H,13-14,16H2,1H3,(H,29,33). The molecule has 0 aromatic heterocycles. The van der Waals surface area contributed by atoms with E-state index < -0.39 is 23.4 Å². The molecule has 1 N–H and O–H groups in total. The second-order valence-electron chi connectivity index (χ2n) is 9.44. The number of amides is 5. The Balaban J connectivity index is 1.24. The Morgan fingerprint density at radius 2 is 1.49 bits per heavy atom. The predicted molar refractivity (Wildman–Crippen MR) is 135 cm³/mol. The van der Waals surface area contributed by atoms with Crippen LogP contribution in [-0.4, -0.2) is 46.6 Å². The third-order valence-corrected chi connectivity index (χ3v) is 7.23. The van der Waals surface area contributed by atoms with Crippen LogP contribution in [0.25, 0.3) is 0 Å². The molecule has 0 saturated carbocycles. The second-order valence-corrected chi connectivity index (χ2v) is 9.44. The van der Waals surface area contributed by atoms with Gasteiger partial charge in [-0.05, 0) is 55.8 Å². The molecular formula is C28H22N4O5. The van der Waals surface area contributed by atoms with Gasteiger partial charge in [-0.15, -0.1) is 0 Å². The van der Waals surface area contributed by atoms with Gasteiger partial charge in [-0.2, -0.15) is 0 Å². The van der Waals surface area contributed by atoms with Crippen molar-refractivity contribution < 1.29 is 24.0 Å². The number of nitrogens with zero attached hydrogens (tertiary/aromatic N) is 3. The minimum absolute atomic E-state index is 0.0958. The first-order chi connectivity index (χ1) is 17.8. The fourth-order valence-electron chi connectivity index (χ4n) is 5.43. The molecule has 9 heteroatoms. The molecule has 0 bridgehead atoms. The summed E-state index contributed by atoms with van der Waals surface area (Å²) >= 11 is 0. The van der Waals surface area contributed by atoms with Gasteiger partial charge in [0, 0.05) is 12.1 Å². The van der Waals surface area contributed by atoms with E-state index in [1.807, 2.05) is 0 Å². The third kappa shape index (κ3) is 3.35. The van der Waals surface area contributed by atoms with Crippen molar-refractivity contribution in [3.8, 4) is 0 Å². The lowest BCUT2D eigenvalue weighted by atomic mass is 9.98. The van der Waals surface area contributed by atoms with E-state index in [4.69, 9.17) is 0 Å². The number of nitrogens with one attached hydrogen (secondary N) is 1. The van der Waals surface area contributed by atoms with Crippen molar-refractivity contribution in [3.05, 3.63) is 89.5 Å². The van der Waals surface area contributed by atoms with Gasteiger partial charge in [0.05, 0.1) is 28.1 Å². The molecule has 184 valence electrons. The fraction of sp³-hybridized carbons (Fsp3) is 0.179. The van der Waals surface area contributed by atoms with Crippen LogP contribution in [0.4, 0.5) is 17.1 Å². The van der Waals surface area contributed by atoms with Gasteiger partial charge in [-0.1, -0.05) is 30.3 Å². The summed E-state index contributed by atoms with van der Waals surface area (Å²) in [4.78, 5) is 69.1. The largest absolute Gasteiger partial charge is 0.324 e. The summed E-state index contributed by atoms with van der Waals surface area (Å²) < 4.78 is 0. The van der Waals surface area contributed by atoms with Crippen LogP contribution in [0, 0.1) is 0 Å². The lowest BCUT2D eigenvalue weighted by Gasteiger charge is -2.48. The molecule has 3 aliphatic heterocycles. The monoisotopic (exact) mass is 494 g/mol. The van der Waals surface area contributed by atoms with Crippen LogP contribution in [0.2, 0.25) is 0 Å². The highest BCUT2D eigenvalue weighted by molar-refractivity contribution is 6.34. The van der Waals surface area contributed by atoms with Crippen LogP contribution in [0.3, 0.4) is 0 Å². The fourth-order valence-corrected chi connectivity index (χ4v) is 5.43. The van der Waals surface area contributed by atoms with Crippen molar-refractivity contribution in [2.24, 2.45) is 0 Å². The molecule has 1 unspecified atom stereocenters. The first kappa shape index (κ1) is 22.7. The van der Waals surface area contributed by atoms with Crippen LogP contribution in [-0.2, 0) is 9.59 Å². The Bertz CT molecular complexity index is 1500. The van der Waals surface area contributed by atoms with Gasteiger partial charge in [0.2, 0.25) is 11.8 Å². The minimum Gasteiger partial charge on any atom is -0.324 e. The molecule has 5 amide bonds. The van der Waals surface area contributed by atoms with Crippen molar-refractivity contribution in [1.29, 1.82) is 0 Å². The molecule has 3 aliphatic rings. The molecule has 0 radical (unpaired) electrons. The van der Waals surface area contributed by atoms with Gasteiger partial charge >= 0.3 is 0 Å². The number of rotatable bonds is 4. The van der Waals surface area contributed by atoms with E-state index >= 15 is 0 Å². The van der Waals surface area contributed by atoms with Gasteiger partial charge < -0.3 is 10.2 Å². The summed E-state index contributed by atoms with van der Waals surface area (Å²) in [6.45, 7) is 1.52. The number of carbonyl (C=O) groups excluding carboxylic acids is 5. The molecule has 9 nitrogen and oxygen atoms in total. The number of para-hydroxylation sites is 1.